The van der Waals surface area contributed by atoms with Gasteiger partial charge in [-0.1, -0.05) is 31.5 Å². The lowest BCUT2D eigenvalue weighted by Crippen LogP contribution is -2.34. The Kier molecular flexibility index (Phi) is 4.89. The number of hydrogen-bond donors (Lipinski definition) is 0. The van der Waals surface area contributed by atoms with Gasteiger partial charge < -0.3 is 4.90 Å². The Morgan fingerprint density at radius 1 is 1.19 bits per heavy atom. The fraction of sp³-hybridized carbons (Fsp3) is 0.385. The number of nitriles is 2. The van der Waals surface area contributed by atoms with Crippen LogP contribution in [0.3, 0.4) is 0 Å². The van der Waals surface area contributed by atoms with E-state index in [4.69, 9.17) is 10.5 Å². The van der Waals surface area contributed by atoms with Crippen molar-refractivity contribution in [3.63, 3.8) is 0 Å². The summed E-state index contributed by atoms with van der Waals surface area (Å²) >= 11 is 0. The molecule has 0 spiro atoms. The maximum absolute atomic E-state index is 8.94. The van der Waals surface area contributed by atoms with E-state index in [2.05, 4.69) is 6.92 Å². The summed E-state index contributed by atoms with van der Waals surface area (Å²) < 4.78 is 0. The van der Waals surface area contributed by atoms with Crippen LogP contribution >= 0.6 is 0 Å². The van der Waals surface area contributed by atoms with Crippen LogP contribution in [0.2, 0.25) is 0 Å². The average molecular weight is 213 g/mol. The zero-order chi connectivity index (χ0) is 11.8. The van der Waals surface area contributed by atoms with Gasteiger partial charge in [-0.25, -0.2) is 0 Å². The third kappa shape index (κ3) is 3.00. The fourth-order valence-electron chi connectivity index (χ4n) is 1.52. The molecule has 0 fully saturated rings. The van der Waals surface area contributed by atoms with Crippen LogP contribution in [0.4, 0.5) is 5.69 Å². The van der Waals surface area contributed by atoms with Gasteiger partial charge in [-0.15, -0.1) is 0 Å². The van der Waals surface area contributed by atoms with Crippen molar-refractivity contribution < 1.29 is 0 Å². The molecule has 0 aliphatic rings. The van der Waals surface area contributed by atoms with Crippen molar-refractivity contribution in [1.82, 2.24) is 0 Å². The Balaban J connectivity index is 2.88. The van der Waals surface area contributed by atoms with E-state index in [1.54, 1.807) is 0 Å². The smallest absolute Gasteiger partial charge is 0.204 e. The van der Waals surface area contributed by atoms with E-state index in [1.165, 1.54) is 0 Å². The molecular formula is C13H15N3. The quantitative estimate of drug-likeness (QED) is 0.755. The highest BCUT2D eigenvalue weighted by molar-refractivity contribution is 5.50. The molecule has 0 saturated heterocycles. The van der Waals surface area contributed by atoms with Crippen molar-refractivity contribution in [2.45, 2.75) is 25.8 Å². The molecule has 0 N–H and O–H groups in total. The molecule has 0 aliphatic heterocycles. The van der Waals surface area contributed by atoms with Gasteiger partial charge in [-0.3, -0.25) is 0 Å². The van der Waals surface area contributed by atoms with E-state index >= 15 is 0 Å². The molecule has 0 bridgehead atoms. The van der Waals surface area contributed by atoms with Crippen LogP contribution in [0.1, 0.15) is 19.8 Å². The van der Waals surface area contributed by atoms with Crippen molar-refractivity contribution in [2.24, 2.45) is 0 Å². The highest BCUT2D eigenvalue weighted by atomic mass is 15.2. The minimum Gasteiger partial charge on any atom is -0.344 e. The van der Waals surface area contributed by atoms with Gasteiger partial charge in [-0.05, 0) is 18.6 Å². The SMILES string of the molecule is CCCCN(c1ccccc1)C(C#N)C#N. The lowest BCUT2D eigenvalue weighted by atomic mass is 10.2. The molecule has 82 valence electrons. The van der Waals surface area contributed by atoms with E-state index in [-0.39, 0.29) is 0 Å². The summed E-state index contributed by atoms with van der Waals surface area (Å²) in [6, 6.07) is 13.0. The number of rotatable bonds is 5. The number of unbranched alkanes of at least 4 members (excludes halogenated alkanes) is 1. The number of hydrogen-bond acceptors (Lipinski definition) is 3. The monoisotopic (exact) mass is 213 g/mol. The molecule has 1 rings (SSSR count). The first-order chi connectivity index (χ1) is 7.83. The Labute approximate surface area is 96.5 Å². The van der Waals surface area contributed by atoms with Crippen LogP contribution in [0.5, 0.6) is 0 Å². The molecule has 1 aromatic rings. The number of anilines is 1. The molecule has 3 nitrogen and oxygen atoms in total. The van der Waals surface area contributed by atoms with Crippen molar-refractivity contribution in [2.75, 3.05) is 11.4 Å². The molecule has 0 radical (unpaired) electrons. The minimum atomic E-state index is -0.700. The summed E-state index contributed by atoms with van der Waals surface area (Å²) in [5, 5.41) is 17.9. The highest BCUT2D eigenvalue weighted by Gasteiger charge is 2.16. The van der Waals surface area contributed by atoms with Crippen molar-refractivity contribution in [3.05, 3.63) is 30.3 Å². The van der Waals surface area contributed by atoms with Crippen LogP contribution in [-0.2, 0) is 0 Å². The Morgan fingerprint density at radius 3 is 2.31 bits per heavy atom. The number of benzene rings is 1. The minimum absolute atomic E-state index is 0.700. The van der Waals surface area contributed by atoms with Crippen LogP contribution in [0, 0.1) is 22.7 Å². The van der Waals surface area contributed by atoms with Crippen LogP contribution in [0.25, 0.3) is 0 Å². The Morgan fingerprint density at radius 2 is 1.81 bits per heavy atom. The molecule has 0 saturated carbocycles. The largest absolute Gasteiger partial charge is 0.344 e. The van der Waals surface area contributed by atoms with E-state index in [0.29, 0.717) is 0 Å². The van der Waals surface area contributed by atoms with Gasteiger partial charge in [0.1, 0.15) is 12.1 Å². The average Bonchev–Trinajstić information content (AvgIpc) is 2.35. The first-order valence-electron chi connectivity index (χ1n) is 5.44. The second-order valence-electron chi connectivity index (χ2n) is 3.54. The predicted molar refractivity (Wildman–Crippen MR) is 63.7 cm³/mol. The van der Waals surface area contributed by atoms with Gasteiger partial charge >= 0.3 is 0 Å². The van der Waals surface area contributed by atoms with Gasteiger partial charge in [0.25, 0.3) is 0 Å². The first kappa shape index (κ1) is 12.1. The number of para-hydroxylation sites is 1. The molecule has 1 aromatic carbocycles. The maximum Gasteiger partial charge on any atom is 0.204 e. The summed E-state index contributed by atoms with van der Waals surface area (Å²) in [5.41, 5.74) is 0.934. The van der Waals surface area contributed by atoms with Crippen molar-refractivity contribution in [1.29, 1.82) is 10.5 Å². The third-order valence-corrected chi connectivity index (χ3v) is 2.40. The van der Waals surface area contributed by atoms with Gasteiger partial charge in [0.05, 0.1) is 0 Å². The van der Waals surface area contributed by atoms with Gasteiger partial charge in [0.2, 0.25) is 6.04 Å². The molecule has 0 heterocycles. The molecule has 0 unspecified atom stereocenters. The second-order valence-corrected chi connectivity index (χ2v) is 3.54. The van der Waals surface area contributed by atoms with E-state index < -0.39 is 6.04 Å². The van der Waals surface area contributed by atoms with Gasteiger partial charge in [0.15, 0.2) is 0 Å². The van der Waals surface area contributed by atoms with E-state index in [9.17, 15) is 0 Å². The predicted octanol–water partition coefficient (Wildman–Crippen LogP) is 2.71. The lowest BCUT2D eigenvalue weighted by Gasteiger charge is -2.25. The van der Waals surface area contributed by atoms with Gasteiger partial charge in [0, 0.05) is 12.2 Å². The standard InChI is InChI=1S/C13H15N3/c1-2-3-9-16(13(10-14)11-15)12-7-5-4-6-8-12/h4-8,13H,2-3,9H2,1H3. The first-order valence-corrected chi connectivity index (χ1v) is 5.44. The molecule has 3 heteroatoms. The number of nitrogens with zero attached hydrogens (tertiary/aromatic N) is 3. The Hall–Kier alpha value is -2.00. The summed E-state index contributed by atoms with van der Waals surface area (Å²) in [6.45, 7) is 2.84. The molecule has 16 heavy (non-hydrogen) atoms. The second kappa shape index (κ2) is 6.48. The van der Waals surface area contributed by atoms with E-state index in [0.717, 1.165) is 25.1 Å². The van der Waals surface area contributed by atoms with E-state index in [1.807, 2.05) is 47.4 Å². The molecule has 0 amide bonds. The third-order valence-electron chi connectivity index (χ3n) is 2.40. The topological polar surface area (TPSA) is 50.8 Å². The van der Waals surface area contributed by atoms with Crippen LogP contribution < -0.4 is 4.90 Å². The molecule has 0 aromatic heterocycles. The zero-order valence-corrected chi connectivity index (χ0v) is 9.43. The zero-order valence-electron chi connectivity index (χ0n) is 9.43. The summed E-state index contributed by atoms with van der Waals surface area (Å²) in [5.74, 6) is 0. The fourth-order valence-corrected chi connectivity index (χ4v) is 1.52. The van der Waals surface area contributed by atoms with Crippen LogP contribution in [0.15, 0.2) is 30.3 Å². The normalized spacial score (nSPS) is 9.50. The maximum atomic E-state index is 8.94. The summed E-state index contributed by atoms with van der Waals surface area (Å²) in [4.78, 5) is 1.85. The summed E-state index contributed by atoms with van der Waals surface area (Å²) in [6.07, 6.45) is 2.03. The van der Waals surface area contributed by atoms with Crippen LogP contribution in [-0.4, -0.2) is 12.6 Å². The van der Waals surface area contributed by atoms with Crippen molar-refractivity contribution in [3.8, 4) is 12.1 Å². The Bertz CT molecular complexity index is 372. The van der Waals surface area contributed by atoms with Crippen molar-refractivity contribution >= 4 is 5.69 Å². The lowest BCUT2D eigenvalue weighted by molar-refractivity contribution is 0.715. The molecule has 0 atom stereocenters. The highest BCUT2D eigenvalue weighted by Crippen LogP contribution is 2.16. The molecule has 0 aliphatic carbocycles. The molecular weight excluding hydrogens is 198 g/mol. The van der Waals surface area contributed by atoms with Gasteiger partial charge in [-0.2, -0.15) is 10.5 Å². The summed E-state index contributed by atoms with van der Waals surface area (Å²) in [7, 11) is 0.